The number of carboxylic acids is 2. The zero-order chi connectivity index (χ0) is 25.5. The lowest BCUT2D eigenvalue weighted by molar-refractivity contribution is -0.159. The molecule has 1 fully saturated rings. The van der Waals surface area contributed by atoms with Crippen molar-refractivity contribution >= 4 is 11.9 Å². The van der Waals surface area contributed by atoms with E-state index in [1.165, 1.54) is 29.7 Å². The fraction of sp³-hybridized carbons (Fsp3) is 0.357. The number of hydrogen-bond acceptors (Lipinski definition) is 5. The number of aliphatic carboxylic acids is 2. The molecule has 1 aromatic heterocycles. The summed E-state index contributed by atoms with van der Waals surface area (Å²) in [6.07, 6.45) is 5.79. The summed E-state index contributed by atoms with van der Waals surface area (Å²) in [5.74, 6) is -1.12. The summed E-state index contributed by atoms with van der Waals surface area (Å²) in [6.45, 7) is 4.30. The molecule has 0 bridgehead atoms. The molecule has 8 nitrogen and oxygen atoms in total. The molecule has 5 rings (SSSR count). The predicted molar refractivity (Wildman–Crippen MR) is 134 cm³/mol. The number of carboxylic acid groups (broad SMARTS) is 2. The van der Waals surface area contributed by atoms with Gasteiger partial charge in [-0.15, -0.1) is 0 Å². The average molecular weight is 493 g/mol. The Balaban J connectivity index is 0.000000455. The van der Waals surface area contributed by atoms with Gasteiger partial charge < -0.3 is 29.2 Å². The number of nitrogens with zero attached hydrogens (tertiary/aromatic N) is 2. The van der Waals surface area contributed by atoms with Crippen LogP contribution < -0.4 is 9.47 Å². The minimum absolute atomic E-state index is 0.146. The zero-order valence-corrected chi connectivity index (χ0v) is 20.4. The topological polar surface area (TPSA) is 101 Å². The van der Waals surface area contributed by atoms with Crippen molar-refractivity contribution in [2.24, 2.45) is 5.92 Å². The van der Waals surface area contributed by atoms with Crippen LogP contribution in [0.25, 0.3) is 0 Å². The van der Waals surface area contributed by atoms with Crippen molar-refractivity contribution in [1.82, 2.24) is 9.47 Å². The molecule has 2 N–H and O–H groups in total. The second-order valence-corrected chi connectivity index (χ2v) is 9.09. The van der Waals surface area contributed by atoms with Gasteiger partial charge in [-0.1, -0.05) is 30.3 Å². The van der Waals surface area contributed by atoms with Crippen LogP contribution in [0.5, 0.6) is 11.5 Å². The number of hydrogen-bond donors (Lipinski definition) is 2. The van der Waals surface area contributed by atoms with Gasteiger partial charge in [0.15, 0.2) is 0 Å². The molecule has 0 radical (unpaired) electrons. The highest BCUT2D eigenvalue weighted by molar-refractivity contribution is 6.27. The van der Waals surface area contributed by atoms with Crippen LogP contribution in [-0.4, -0.2) is 58.4 Å². The number of methoxy groups -OCH3 is 1. The molecule has 1 atom stereocenters. The van der Waals surface area contributed by atoms with Gasteiger partial charge in [0.1, 0.15) is 17.6 Å². The molecular weight excluding hydrogens is 460 g/mol. The minimum Gasteiger partial charge on any atom is -0.497 e. The standard InChI is InChI=1S/C26H30N2O2.C2H2O4/c1-29-23-10-8-20(9-11-23)12-16-27-17-13-21(14-18-27)26-24-6-4-15-28(24)19-22-5-2-3-7-25(22)30-26;3-1(4)2(5)6/h2-11,15,21,26H,12-14,16-19H2,1H3;(H,3,4)(H,5,6). The highest BCUT2D eigenvalue weighted by atomic mass is 16.5. The summed E-state index contributed by atoms with van der Waals surface area (Å²) in [6, 6.07) is 21.4. The Morgan fingerprint density at radius 2 is 1.67 bits per heavy atom. The molecule has 0 spiro atoms. The molecule has 190 valence electrons. The van der Waals surface area contributed by atoms with E-state index in [2.05, 4.69) is 76.3 Å². The van der Waals surface area contributed by atoms with E-state index in [0.29, 0.717) is 5.92 Å². The van der Waals surface area contributed by atoms with Crippen LogP contribution in [0.4, 0.5) is 0 Å². The van der Waals surface area contributed by atoms with Crippen LogP contribution in [0.1, 0.15) is 35.8 Å². The summed E-state index contributed by atoms with van der Waals surface area (Å²) in [7, 11) is 1.71. The Hall–Kier alpha value is -3.78. The van der Waals surface area contributed by atoms with Crippen molar-refractivity contribution in [3.8, 4) is 11.5 Å². The normalized spacial score (nSPS) is 17.4. The molecule has 0 aliphatic carbocycles. The first-order valence-electron chi connectivity index (χ1n) is 12.2. The first-order chi connectivity index (χ1) is 17.4. The van der Waals surface area contributed by atoms with Crippen molar-refractivity contribution < 1.29 is 29.3 Å². The molecule has 1 saturated heterocycles. The Labute approximate surface area is 210 Å². The van der Waals surface area contributed by atoms with Crippen molar-refractivity contribution in [3.63, 3.8) is 0 Å². The number of aromatic nitrogens is 1. The van der Waals surface area contributed by atoms with Gasteiger partial charge in [-0.3, -0.25) is 0 Å². The van der Waals surface area contributed by atoms with Crippen LogP contribution in [0.2, 0.25) is 0 Å². The number of rotatable bonds is 5. The molecule has 8 heteroatoms. The monoisotopic (exact) mass is 492 g/mol. The van der Waals surface area contributed by atoms with Crippen LogP contribution in [-0.2, 0) is 22.6 Å². The van der Waals surface area contributed by atoms with Gasteiger partial charge in [-0.25, -0.2) is 9.59 Å². The van der Waals surface area contributed by atoms with Gasteiger partial charge in [0.05, 0.1) is 19.3 Å². The SMILES string of the molecule is COc1ccc(CCN2CCC(C3Oc4ccccc4Cn4cccc43)CC2)cc1.O=C(O)C(=O)O. The van der Waals surface area contributed by atoms with E-state index in [9.17, 15) is 0 Å². The van der Waals surface area contributed by atoms with E-state index < -0.39 is 11.9 Å². The van der Waals surface area contributed by atoms with Crippen LogP contribution in [0.3, 0.4) is 0 Å². The second-order valence-electron chi connectivity index (χ2n) is 9.09. The highest BCUT2D eigenvalue weighted by Gasteiger charge is 2.32. The number of benzene rings is 2. The van der Waals surface area contributed by atoms with Crippen LogP contribution in [0.15, 0.2) is 66.9 Å². The lowest BCUT2D eigenvalue weighted by Crippen LogP contribution is -2.38. The maximum Gasteiger partial charge on any atom is 0.414 e. The lowest BCUT2D eigenvalue weighted by Gasteiger charge is -2.36. The number of likely N-dealkylation sites (tertiary alicyclic amines) is 1. The van der Waals surface area contributed by atoms with E-state index in [0.717, 1.165) is 44.1 Å². The highest BCUT2D eigenvalue weighted by Crippen LogP contribution is 2.39. The zero-order valence-electron chi connectivity index (χ0n) is 20.4. The average Bonchev–Trinajstić information content (AvgIpc) is 3.29. The van der Waals surface area contributed by atoms with Crippen molar-refractivity contribution in [2.45, 2.75) is 31.9 Å². The van der Waals surface area contributed by atoms with Gasteiger partial charge >= 0.3 is 11.9 Å². The molecule has 0 amide bonds. The number of para-hydroxylation sites is 1. The molecular formula is C28H32N2O6. The smallest absolute Gasteiger partial charge is 0.414 e. The number of ether oxygens (including phenoxy) is 2. The molecule has 2 aliphatic heterocycles. The maximum absolute atomic E-state index is 9.10. The summed E-state index contributed by atoms with van der Waals surface area (Å²) in [5, 5.41) is 14.8. The predicted octanol–water partition coefficient (Wildman–Crippen LogP) is 4.09. The quantitative estimate of drug-likeness (QED) is 0.518. The third-order valence-electron chi connectivity index (χ3n) is 6.84. The summed E-state index contributed by atoms with van der Waals surface area (Å²) in [5.41, 5.74) is 3.97. The third kappa shape index (κ3) is 6.26. The number of fused-ring (bicyclic) bond motifs is 2. The number of carbonyl (C=O) groups is 2. The van der Waals surface area contributed by atoms with Gasteiger partial charge in [0, 0.05) is 24.2 Å². The number of piperidine rings is 1. The summed E-state index contributed by atoms with van der Waals surface area (Å²) >= 11 is 0. The fourth-order valence-electron chi connectivity index (χ4n) is 4.86. The first kappa shape index (κ1) is 25.3. The Kier molecular flexibility index (Phi) is 8.28. The van der Waals surface area contributed by atoms with Gasteiger partial charge in [-0.2, -0.15) is 0 Å². The first-order valence-corrected chi connectivity index (χ1v) is 12.2. The van der Waals surface area contributed by atoms with E-state index in [1.807, 2.05) is 0 Å². The van der Waals surface area contributed by atoms with Gasteiger partial charge in [0.2, 0.25) is 0 Å². The second kappa shape index (κ2) is 11.8. The molecule has 1 unspecified atom stereocenters. The Morgan fingerprint density at radius 3 is 2.33 bits per heavy atom. The molecule has 3 heterocycles. The van der Waals surface area contributed by atoms with Crippen LogP contribution >= 0.6 is 0 Å². The molecule has 3 aromatic rings. The largest absolute Gasteiger partial charge is 0.497 e. The third-order valence-corrected chi connectivity index (χ3v) is 6.84. The molecule has 0 saturated carbocycles. The summed E-state index contributed by atoms with van der Waals surface area (Å²) in [4.78, 5) is 20.8. The lowest BCUT2D eigenvalue weighted by atomic mass is 9.89. The van der Waals surface area contributed by atoms with E-state index in [1.54, 1.807) is 7.11 Å². The van der Waals surface area contributed by atoms with Crippen LogP contribution in [0, 0.1) is 5.92 Å². The van der Waals surface area contributed by atoms with Crippen molar-refractivity contribution in [3.05, 3.63) is 83.7 Å². The summed E-state index contributed by atoms with van der Waals surface area (Å²) < 4.78 is 14.2. The Bertz CT molecular complexity index is 1150. The van der Waals surface area contributed by atoms with E-state index in [-0.39, 0.29) is 6.10 Å². The fourth-order valence-corrected chi connectivity index (χ4v) is 4.86. The van der Waals surface area contributed by atoms with Gasteiger partial charge in [-0.05, 0) is 68.2 Å². The van der Waals surface area contributed by atoms with Crippen molar-refractivity contribution in [2.75, 3.05) is 26.7 Å². The molecule has 2 aromatic carbocycles. The maximum atomic E-state index is 9.10. The van der Waals surface area contributed by atoms with Gasteiger partial charge in [0.25, 0.3) is 0 Å². The minimum atomic E-state index is -1.82. The molecule has 2 aliphatic rings. The van der Waals surface area contributed by atoms with Crippen molar-refractivity contribution in [1.29, 1.82) is 0 Å². The Morgan fingerprint density at radius 1 is 0.972 bits per heavy atom. The molecule has 36 heavy (non-hydrogen) atoms. The van der Waals surface area contributed by atoms with E-state index in [4.69, 9.17) is 29.3 Å². The van der Waals surface area contributed by atoms with E-state index >= 15 is 0 Å².